The van der Waals surface area contributed by atoms with Gasteiger partial charge in [-0.25, -0.2) is 4.79 Å². The predicted octanol–water partition coefficient (Wildman–Crippen LogP) is 0.197. The molecule has 1 aromatic rings. The van der Waals surface area contributed by atoms with Crippen LogP contribution in [0.4, 0.5) is 4.79 Å². The minimum absolute atomic E-state index is 0.0359. The molecule has 3 N–H and O–H groups in total. The fraction of sp³-hybridized carbons (Fsp3) is 0.750. The number of aromatic nitrogens is 2. The van der Waals surface area contributed by atoms with Gasteiger partial charge in [0, 0.05) is 18.5 Å². The Kier molecular flexibility index (Phi) is 4.46. The number of urea groups is 1. The number of carbonyl (C=O) groups is 1. The molecular formula is C12H19N5O6S. The summed E-state index contributed by atoms with van der Waals surface area (Å²) in [7, 11) is -4.76. The number of rotatable bonds is 5. The molecule has 1 aliphatic carbocycles. The lowest BCUT2D eigenvalue weighted by molar-refractivity contribution is -0.0615. The van der Waals surface area contributed by atoms with E-state index in [4.69, 9.17) is 14.7 Å². The van der Waals surface area contributed by atoms with E-state index >= 15 is 0 Å². The highest BCUT2D eigenvalue weighted by molar-refractivity contribution is 7.80. The molecule has 11 nitrogen and oxygen atoms in total. The minimum Gasteiger partial charge on any atom is -0.423 e. The number of carbonyl (C=O) groups excluding carboxylic acids is 1. The minimum atomic E-state index is -4.76. The van der Waals surface area contributed by atoms with Gasteiger partial charge in [0.1, 0.15) is 6.04 Å². The molecule has 2 heterocycles. The first-order chi connectivity index (χ1) is 11.3. The maximum atomic E-state index is 12.3. The van der Waals surface area contributed by atoms with E-state index in [1.165, 1.54) is 4.90 Å². The first-order valence-corrected chi connectivity index (χ1v) is 8.99. The van der Waals surface area contributed by atoms with Crippen LogP contribution in [0.3, 0.4) is 0 Å². The molecule has 24 heavy (non-hydrogen) atoms. The van der Waals surface area contributed by atoms with Gasteiger partial charge in [-0.15, -0.1) is 14.5 Å². The Morgan fingerprint density at radius 1 is 1.38 bits per heavy atom. The molecule has 0 spiro atoms. The molecule has 2 fully saturated rings. The van der Waals surface area contributed by atoms with Gasteiger partial charge >= 0.3 is 16.4 Å². The molecule has 2 amide bonds. The van der Waals surface area contributed by atoms with Crippen LogP contribution in [0.25, 0.3) is 0 Å². The highest BCUT2D eigenvalue weighted by Crippen LogP contribution is 2.37. The fourth-order valence-electron chi connectivity index (χ4n) is 2.97. The van der Waals surface area contributed by atoms with E-state index in [-0.39, 0.29) is 25.0 Å². The summed E-state index contributed by atoms with van der Waals surface area (Å²) in [6.07, 6.45) is 1.90. The molecule has 0 bridgehead atoms. The summed E-state index contributed by atoms with van der Waals surface area (Å²) in [5, 5.41) is 8.65. The molecule has 0 unspecified atom stereocenters. The summed E-state index contributed by atoms with van der Waals surface area (Å²) in [6.45, 7) is 1.97. The highest BCUT2D eigenvalue weighted by Gasteiger charge is 2.39. The van der Waals surface area contributed by atoms with Crippen LogP contribution < -0.4 is 5.73 Å². The van der Waals surface area contributed by atoms with E-state index < -0.39 is 22.5 Å². The lowest BCUT2D eigenvalue weighted by atomic mass is 9.81. The van der Waals surface area contributed by atoms with E-state index in [1.807, 2.05) is 0 Å². The highest BCUT2D eigenvalue weighted by atomic mass is 32.3. The van der Waals surface area contributed by atoms with Gasteiger partial charge in [-0.2, -0.15) is 13.5 Å². The summed E-state index contributed by atoms with van der Waals surface area (Å²) < 4.78 is 40.3. The number of hydrogen-bond donors (Lipinski definition) is 2. The van der Waals surface area contributed by atoms with Crippen LogP contribution in [0.15, 0.2) is 4.42 Å². The Morgan fingerprint density at radius 3 is 2.62 bits per heavy atom. The summed E-state index contributed by atoms with van der Waals surface area (Å²) in [5.74, 6) is 0.953. The Bertz CT molecular complexity index is 715. The molecule has 2 aliphatic rings. The smallest absolute Gasteiger partial charge is 0.418 e. The molecule has 0 aromatic carbocycles. The van der Waals surface area contributed by atoms with Crippen LogP contribution in [0, 0.1) is 0 Å². The van der Waals surface area contributed by atoms with Crippen molar-refractivity contribution in [1.82, 2.24) is 20.2 Å². The summed E-state index contributed by atoms with van der Waals surface area (Å²) >= 11 is 0. The largest absolute Gasteiger partial charge is 0.423 e. The molecule has 1 aliphatic heterocycles. The zero-order chi connectivity index (χ0) is 17.5. The predicted molar refractivity (Wildman–Crippen MR) is 78.7 cm³/mol. The number of nitrogens with zero attached hydrogens (tertiary/aromatic N) is 4. The molecule has 1 aromatic heterocycles. The Balaban J connectivity index is 1.73. The zero-order valence-electron chi connectivity index (χ0n) is 13.0. The monoisotopic (exact) mass is 361 g/mol. The van der Waals surface area contributed by atoms with E-state index in [0.29, 0.717) is 23.3 Å². The zero-order valence-corrected chi connectivity index (χ0v) is 13.8. The molecule has 1 atom stereocenters. The van der Waals surface area contributed by atoms with E-state index in [9.17, 15) is 13.2 Å². The van der Waals surface area contributed by atoms with Crippen LogP contribution in [0.1, 0.15) is 49.9 Å². The van der Waals surface area contributed by atoms with Crippen molar-refractivity contribution in [3.8, 4) is 0 Å². The van der Waals surface area contributed by atoms with Crippen LogP contribution in [0.5, 0.6) is 0 Å². The maximum Gasteiger partial charge on any atom is 0.418 e. The van der Waals surface area contributed by atoms with Crippen molar-refractivity contribution in [2.75, 3.05) is 13.1 Å². The van der Waals surface area contributed by atoms with E-state index in [1.54, 1.807) is 6.92 Å². The van der Waals surface area contributed by atoms with Crippen molar-refractivity contribution in [3.05, 3.63) is 11.8 Å². The van der Waals surface area contributed by atoms with Crippen molar-refractivity contribution in [2.45, 2.75) is 44.2 Å². The second kappa shape index (κ2) is 6.27. The lowest BCUT2D eigenvalue weighted by Crippen LogP contribution is -2.51. The van der Waals surface area contributed by atoms with Crippen molar-refractivity contribution in [2.24, 2.45) is 5.73 Å². The molecule has 0 radical (unpaired) electrons. The van der Waals surface area contributed by atoms with E-state index in [0.717, 1.165) is 12.8 Å². The van der Waals surface area contributed by atoms with Gasteiger partial charge in [0.2, 0.25) is 11.8 Å². The van der Waals surface area contributed by atoms with Crippen molar-refractivity contribution in [1.29, 1.82) is 0 Å². The summed E-state index contributed by atoms with van der Waals surface area (Å²) in [6, 6.07) is -1.02. The van der Waals surface area contributed by atoms with Crippen molar-refractivity contribution in [3.63, 3.8) is 0 Å². The Hall–Kier alpha value is -1.76. The maximum absolute atomic E-state index is 12.3. The molecule has 12 heteroatoms. The molecule has 1 saturated carbocycles. The van der Waals surface area contributed by atoms with Crippen LogP contribution in [-0.4, -0.2) is 58.3 Å². The van der Waals surface area contributed by atoms with Gasteiger partial charge in [-0.1, -0.05) is 0 Å². The molecule has 3 rings (SSSR count). The normalized spacial score (nSPS) is 28.1. The van der Waals surface area contributed by atoms with Gasteiger partial charge in [-0.05, 0) is 26.2 Å². The lowest BCUT2D eigenvalue weighted by Gasteiger charge is -2.37. The van der Waals surface area contributed by atoms with Crippen LogP contribution >= 0.6 is 0 Å². The fourth-order valence-corrected chi connectivity index (χ4v) is 3.34. The van der Waals surface area contributed by atoms with Crippen LogP contribution in [-0.2, 0) is 14.7 Å². The Morgan fingerprint density at radius 2 is 2.04 bits per heavy atom. The third-order valence-corrected chi connectivity index (χ3v) is 4.60. The quantitative estimate of drug-likeness (QED) is 0.700. The topological polar surface area (TPSA) is 152 Å². The average Bonchev–Trinajstić information content (AvgIpc) is 2.93. The van der Waals surface area contributed by atoms with Crippen molar-refractivity contribution < 1.29 is 26.5 Å². The molecule has 1 saturated heterocycles. The van der Waals surface area contributed by atoms with Gasteiger partial charge in [-0.3, -0.25) is 4.55 Å². The summed E-state index contributed by atoms with van der Waals surface area (Å²) in [5.41, 5.74) is 5.75. The number of nitrogens with two attached hydrogens (primary N) is 1. The van der Waals surface area contributed by atoms with Crippen LogP contribution in [0.2, 0.25) is 0 Å². The first kappa shape index (κ1) is 17.1. The van der Waals surface area contributed by atoms with Gasteiger partial charge < -0.3 is 15.1 Å². The molecule has 134 valence electrons. The second-order valence-corrected chi connectivity index (χ2v) is 6.89. The van der Waals surface area contributed by atoms with Crippen molar-refractivity contribution >= 4 is 16.4 Å². The SMILES string of the molecule is CCN1C(=O)N(OS(=O)(=O)O)CC[C@H]1c1nnc(C2CC(N)C2)o1. The third kappa shape index (κ3) is 3.36. The average molecular weight is 361 g/mol. The third-order valence-electron chi connectivity index (χ3n) is 4.23. The van der Waals surface area contributed by atoms with E-state index in [2.05, 4.69) is 14.5 Å². The second-order valence-electron chi connectivity index (χ2n) is 5.88. The number of hydroxylamine groups is 2. The molecular weight excluding hydrogens is 342 g/mol. The number of amides is 2. The number of hydrogen-bond acceptors (Lipinski definition) is 8. The van der Waals surface area contributed by atoms with Gasteiger partial charge in [0.15, 0.2) is 0 Å². The first-order valence-electron chi connectivity index (χ1n) is 7.62. The van der Waals surface area contributed by atoms with Gasteiger partial charge in [0.05, 0.1) is 6.54 Å². The Labute approximate surface area is 138 Å². The standard InChI is InChI=1S/C12H19N5O6S/c1-2-16-9(3-4-17(12(16)18)23-24(19,20)21)11-15-14-10(22-11)7-5-8(13)6-7/h7-9H,2-6,13H2,1H3,(H,19,20,21)/t7?,8?,9-/m0/s1. The summed E-state index contributed by atoms with van der Waals surface area (Å²) in [4.78, 5) is 13.7. The van der Waals surface area contributed by atoms with Gasteiger partial charge in [0.25, 0.3) is 0 Å².